The molecule has 0 saturated carbocycles. The summed E-state index contributed by atoms with van der Waals surface area (Å²) >= 11 is 0. The van der Waals surface area contributed by atoms with Crippen molar-refractivity contribution < 1.29 is 0 Å². The van der Waals surface area contributed by atoms with E-state index in [1.54, 1.807) is 0 Å². The second-order valence-corrected chi connectivity index (χ2v) is 6.93. The van der Waals surface area contributed by atoms with Gasteiger partial charge in [-0.25, -0.2) is 0 Å². The lowest BCUT2D eigenvalue weighted by Gasteiger charge is -2.30. The van der Waals surface area contributed by atoms with E-state index in [1.165, 1.54) is 52.0 Å². The average Bonchev–Trinajstić information content (AvgIpc) is 2.65. The fourth-order valence-electron chi connectivity index (χ4n) is 3.38. The largest absolute Gasteiger partial charge is 0.317 e. The lowest BCUT2D eigenvalue weighted by molar-refractivity contribution is 0.200. The maximum absolute atomic E-state index is 3.47. The molecule has 2 nitrogen and oxygen atoms in total. The van der Waals surface area contributed by atoms with E-state index in [9.17, 15) is 0 Å². The Kier molecular flexibility index (Phi) is 3.91. The molecule has 2 aliphatic heterocycles. The zero-order valence-electron chi connectivity index (χ0n) is 11.3. The molecule has 0 unspecified atom stereocenters. The van der Waals surface area contributed by atoms with E-state index in [-0.39, 0.29) is 0 Å². The summed E-state index contributed by atoms with van der Waals surface area (Å²) in [5, 5.41) is 3.47. The quantitative estimate of drug-likeness (QED) is 0.774. The van der Waals surface area contributed by atoms with Crippen molar-refractivity contribution >= 4 is 0 Å². The van der Waals surface area contributed by atoms with Gasteiger partial charge in [-0.2, -0.15) is 0 Å². The van der Waals surface area contributed by atoms with Crippen LogP contribution in [-0.2, 0) is 0 Å². The molecule has 0 aliphatic carbocycles. The Labute approximate surface area is 101 Å². The maximum Gasteiger partial charge on any atom is 0.00302 e. The summed E-state index contributed by atoms with van der Waals surface area (Å²) in [6, 6.07) is 0. The molecule has 0 radical (unpaired) electrons. The number of hydrogen-bond acceptors (Lipinski definition) is 2. The third-order valence-electron chi connectivity index (χ3n) is 4.06. The lowest BCUT2D eigenvalue weighted by Crippen LogP contribution is -2.34. The van der Waals surface area contributed by atoms with Crippen LogP contribution in [0.3, 0.4) is 0 Å². The Bertz CT molecular complexity index is 213. The second-order valence-electron chi connectivity index (χ2n) is 6.93. The van der Waals surface area contributed by atoms with Crippen LogP contribution < -0.4 is 5.32 Å². The predicted octanol–water partition coefficient (Wildman–Crippen LogP) is 2.35. The molecule has 0 amide bonds. The summed E-state index contributed by atoms with van der Waals surface area (Å²) < 4.78 is 0. The Balaban J connectivity index is 1.78. The van der Waals surface area contributed by atoms with Crippen LogP contribution in [0.1, 0.15) is 40.0 Å². The standard InChI is InChI=1S/C14H28N2/c1-14(2,3)11-16-9-6-13(10-16)12-4-7-15-8-5-12/h12-13,15H,4-11H2,1-3H3/t13-/m0/s1. The van der Waals surface area contributed by atoms with Crippen LogP contribution in [0.15, 0.2) is 0 Å². The van der Waals surface area contributed by atoms with Crippen molar-refractivity contribution in [1.82, 2.24) is 10.2 Å². The second kappa shape index (κ2) is 5.05. The van der Waals surface area contributed by atoms with Crippen LogP contribution in [-0.4, -0.2) is 37.6 Å². The van der Waals surface area contributed by atoms with E-state index < -0.39 is 0 Å². The molecular formula is C14H28N2. The third-order valence-corrected chi connectivity index (χ3v) is 4.06. The Hall–Kier alpha value is -0.0800. The minimum absolute atomic E-state index is 0.461. The predicted molar refractivity (Wildman–Crippen MR) is 69.6 cm³/mol. The number of nitrogens with zero attached hydrogens (tertiary/aromatic N) is 1. The van der Waals surface area contributed by atoms with Gasteiger partial charge in [-0.05, 0) is 56.1 Å². The van der Waals surface area contributed by atoms with E-state index in [4.69, 9.17) is 0 Å². The van der Waals surface area contributed by atoms with Gasteiger partial charge in [-0.3, -0.25) is 0 Å². The zero-order chi connectivity index (χ0) is 11.6. The minimum atomic E-state index is 0.461. The SMILES string of the molecule is CC(C)(C)CN1CC[C@H](C2CCNCC2)C1. The molecule has 94 valence electrons. The first-order valence-corrected chi connectivity index (χ1v) is 6.98. The van der Waals surface area contributed by atoms with Crippen molar-refractivity contribution in [2.75, 3.05) is 32.7 Å². The monoisotopic (exact) mass is 224 g/mol. The highest BCUT2D eigenvalue weighted by molar-refractivity contribution is 4.85. The van der Waals surface area contributed by atoms with Crippen LogP contribution in [0.25, 0.3) is 0 Å². The highest BCUT2D eigenvalue weighted by Crippen LogP contribution is 2.31. The van der Waals surface area contributed by atoms with Crippen molar-refractivity contribution in [3.05, 3.63) is 0 Å². The Morgan fingerprint density at radius 2 is 1.75 bits per heavy atom. The van der Waals surface area contributed by atoms with E-state index in [1.807, 2.05) is 0 Å². The maximum atomic E-state index is 3.47. The van der Waals surface area contributed by atoms with Gasteiger partial charge in [-0.15, -0.1) is 0 Å². The van der Waals surface area contributed by atoms with E-state index in [2.05, 4.69) is 31.0 Å². The highest BCUT2D eigenvalue weighted by atomic mass is 15.2. The fourth-order valence-corrected chi connectivity index (χ4v) is 3.38. The molecule has 2 saturated heterocycles. The van der Waals surface area contributed by atoms with Crippen LogP contribution in [0, 0.1) is 17.3 Å². The first-order chi connectivity index (χ1) is 7.54. The molecule has 2 heteroatoms. The third kappa shape index (κ3) is 3.46. The molecule has 0 aromatic heterocycles. The molecule has 16 heavy (non-hydrogen) atoms. The first kappa shape index (κ1) is 12.4. The van der Waals surface area contributed by atoms with Crippen molar-refractivity contribution in [2.24, 2.45) is 17.3 Å². The van der Waals surface area contributed by atoms with Gasteiger partial charge in [0.25, 0.3) is 0 Å². The minimum Gasteiger partial charge on any atom is -0.317 e. The van der Waals surface area contributed by atoms with Gasteiger partial charge in [0.2, 0.25) is 0 Å². The van der Waals surface area contributed by atoms with Crippen molar-refractivity contribution in [2.45, 2.75) is 40.0 Å². The van der Waals surface area contributed by atoms with Crippen LogP contribution in [0.2, 0.25) is 0 Å². The highest BCUT2D eigenvalue weighted by Gasteiger charge is 2.31. The van der Waals surface area contributed by atoms with Crippen LogP contribution in [0.4, 0.5) is 0 Å². The van der Waals surface area contributed by atoms with E-state index in [0.717, 1.165) is 11.8 Å². The summed E-state index contributed by atoms with van der Waals surface area (Å²) in [7, 11) is 0. The molecule has 0 aromatic rings. The molecule has 0 aromatic carbocycles. The van der Waals surface area contributed by atoms with Gasteiger partial charge >= 0.3 is 0 Å². The van der Waals surface area contributed by atoms with Gasteiger partial charge in [0.15, 0.2) is 0 Å². The van der Waals surface area contributed by atoms with Crippen molar-refractivity contribution in [1.29, 1.82) is 0 Å². The number of nitrogens with one attached hydrogen (secondary N) is 1. The van der Waals surface area contributed by atoms with Crippen LogP contribution in [0.5, 0.6) is 0 Å². The van der Waals surface area contributed by atoms with Gasteiger partial charge in [0, 0.05) is 13.1 Å². The molecule has 2 rings (SSSR count). The Morgan fingerprint density at radius 1 is 1.06 bits per heavy atom. The molecule has 0 spiro atoms. The molecule has 2 heterocycles. The van der Waals surface area contributed by atoms with Crippen molar-refractivity contribution in [3.63, 3.8) is 0 Å². The summed E-state index contributed by atoms with van der Waals surface area (Å²) in [5.74, 6) is 2.00. The average molecular weight is 224 g/mol. The van der Waals surface area contributed by atoms with Crippen LogP contribution >= 0.6 is 0 Å². The van der Waals surface area contributed by atoms with E-state index in [0.29, 0.717) is 5.41 Å². The zero-order valence-corrected chi connectivity index (χ0v) is 11.3. The number of hydrogen-bond donors (Lipinski definition) is 1. The molecular weight excluding hydrogens is 196 g/mol. The van der Waals surface area contributed by atoms with Gasteiger partial charge in [0.05, 0.1) is 0 Å². The van der Waals surface area contributed by atoms with Gasteiger partial charge in [0.1, 0.15) is 0 Å². The van der Waals surface area contributed by atoms with Gasteiger partial charge in [-0.1, -0.05) is 20.8 Å². The summed E-state index contributed by atoms with van der Waals surface area (Å²) in [6.45, 7) is 13.5. The smallest absolute Gasteiger partial charge is 0.00302 e. The van der Waals surface area contributed by atoms with E-state index >= 15 is 0 Å². The van der Waals surface area contributed by atoms with Crippen molar-refractivity contribution in [3.8, 4) is 0 Å². The summed E-state index contributed by atoms with van der Waals surface area (Å²) in [5.41, 5.74) is 0.461. The first-order valence-electron chi connectivity index (χ1n) is 6.98. The Morgan fingerprint density at radius 3 is 2.38 bits per heavy atom. The lowest BCUT2D eigenvalue weighted by atomic mass is 9.84. The molecule has 2 aliphatic rings. The molecule has 2 fully saturated rings. The normalized spacial score (nSPS) is 29.8. The molecule has 1 N–H and O–H groups in total. The number of piperidine rings is 1. The summed E-state index contributed by atoms with van der Waals surface area (Å²) in [4.78, 5) is 2.69. The number of rotatable bonds is 2. The fraction of sp³-hybridized carbons (Fsp3) is 1.00. The summed E-state index contributed by atoms with van der Waals surface area (Å²) in [6.07, 6.45) is 4.27. The molecule has 1 atom stereocenters. The van der Waals surface area contributed by atoms with Gasteiger partial charge < -0.3 is 10.2 Å². The molecule has 0 bridgehead atoms. The number of likely N-dealkylation sites (tertiary alicyclic amines) is 1. The topological polar surface area (TPSA) is 15.3 Å².